The highest BCUT2D eigenvalue weighted by atomic mass is 79.9. The van der Waals surface area contributed by atoms with Gasteiger partial charge in [-0.2, -0.15) is 0 Å². The molecular formula is C12H16BrN. The number of halogens is 1. The van der Waals surface area contributed by atoms with Gasteiger partial charge in [0.25, 0.3) is 0 Å². The van der Waals surface area contributed by atoms with Crippen LogP contribution in [0.3, 0.4) is 0 Å². The summed E-state index contributed by atoms with van der Waals surface area (Å²) >= 11 is 3.33. The Labute approximate surface area is 94.3 Å². The van der Waals surface area contributed by atoms with E-state index in [2.05, 4.69) is 65.9 Å². The molecule has 0 spiro atoms. The van der Waals surface area contributed by atoms with Gasteiger partial charge in [-0.1, -0.05) is 52.3 Å². The van der Waals surface area contributed by atoms with Gasteiger partial charge in [-0.15, -0.1) is 0 Å². The summed E-state index contributed by atoms with van der Waals surface area (Å²) in [6.07, 6.45) is 0. The molecule has 1 N–H and O–H groups in total. The van der Waals surface area contributed by atoms with Crippen molar-refractivity contribution in [1.82, 2.24) is 5.32 Å². The number of nitrogens with one attached hydrogen (secondary N) is 1. The summed E-state index contributed by atoms with van der Waals surface area (Å²) in [6, 6.07) is 8.91. The second kappa shape index (κ2) is 5.32. The maximum atomic E-state index is 3.79. The fourth-order valence-corrected chi connectivity index (χ4v) is 1.48. The summed E-state index contributed by atoms with van der Waals surface area (Å²) in [6.45, 7) is 8.86. The van der Waals surface area contributed by atoms with E-state index in [4.69, 9.17) is 0 Å². The number of rotatable bonds is 4. The molecule has 0 aliphatic carbocycles. The van der Waals surface area contributed by atoms with Crippen LogP contribution in [0.4, 0.5) is 0 Å². The van der Waals surface area contributed by atoms with Crippen LogP contribution in [-0.2, 0) is 0 Å². The molecule has 14 heavy (non-hydrogen) atoms. The molecule has 0 unspecified atom stereocenters. The van der Waals surface area contributed by atoms with Gasteiger partial charge in [0.2, 0.25) is 0 Å². The molecule has 0 aliphatic heterocycles. The first-order chi connectivity index (χ1) is 6.59. The maximum absolute atomic E-state index is 3.79. The second-order valence-electron chi connectivity index (χ2n) is 3.53. The van der Waals surface area contributed by atoms with E-state index >= 15 is 0 Å². The first-order valence-corrected chi connectivity index (χ1v) is 5.52. The van der Waals surface area contributed by atoms with Crippen LogP contribution in [0.25, 0.3) is 0 Å². The van der Waals surface area contributed by atoms with Gasteiger partial charge in [0, 0.05) is 17.1 Å². The summed E-state index contributed by atoms with van der Waals surface area (Å²) in [5, 5.41) is 3.38. The largest absolute Gasteiger partial charge is 0.306 e. The van der Waals surface area contributed by atoms with Gasteiger partial charge in [-0.25, -0.2) is 0 Å². The SMILES string of the molecule is C=C(Br)CN[C@@H](C)c1cccc(C)c1. The van der Waals surface area contributed by atoms with Crippen LogP contribution in [0.15, 0.2) is 35.3 Å². The van der Waals surface area contributed by atoms with Crippen LogP contribution >= 0.6 is 15.9 Å². The van der Waals surface area contributed by atoms with Crippen molar-refractivity contribution in [3.63, 3.8) is 0 Å². The van der Waals surface area contributed by atoms with E-state index in [-0.39, 0.29) is 0 Å². The van der Waals surface area contributed by atoms with Crippen molar-refractivity contribution in [3.05, 3.63) is 46.5 Å². The lowest BCUT2D eigenvalue weighted by molar-refractivity contribution is 0.615. The highest BCUT2D eigenvalue weighted by Crippen LogP contribution is 2.14. The van der Waals surface area contributed by atoms with Crippen molar-refractivity contribution in [2.24, 2.45) is 0 Å². The van der Waals surface area contributed by atoms with E-state index in [1.165, 1.54) is 11.1 Å². The molecule has 0 fully saturated rings. The molecule has 0 aliphatic rings. The molecule has 1 atom stereocenters. The molecule has 0 radical (unpaired) electrons. The van der Waals surface area contributed by atoms with Gasteiger partial charge in [-0.05, 0) is 19.4 Å². The van der Waals surface area contributed by atoms with Crippen molar-refractivity contribution in [3.8, 4) is 0 Å². The second-order valence-corrected chi connectivity index (χ2v) is 4.66. The highest BCUT2D eigenvalue weighted by Gasteiger charge is 2.03. The molecular weight excluding hydrogens is 238 g/mol. The van der Waals surface area contributed by atoms with Crippen LogP contribution in [0.1, 0.15) is 24.1 Å². The molecule has 0 heterocycles. The molecule has 1 aromatic carbocycles. The topological polar surface area (TPSA) is 12.0 Å². The zero-order valence-electron chi connectivity index (χ0n) is 8.68. The van der Waals surface area contributed by atoms with Crippen LogP contribution in [0, 0.1) is 6.92 Å². The lowest BCUT2D eigenvalue weighted by Gasteiger charge is -2.14. The maximum Gasteiger partial charge on any atom is 0.0295 e. The molecule has 1 nitrogen and oxygen atoms in total. The van der Waals surface area contributed by atoms with Gasteiger partial charge in [0.05, 0.1) is 0 Å². The Hall–Kier alpha value is -0.600. The molecule has 2 heteroatoms. The minimum atomic E-state index is 0.365. The monoisotopic (exact) mass is 253 g/mol. The van der Waals surface area contributed by atoms with Crippen molar-refractivity contribution in [2.45, 2.75) is 19.9 Å². The summed E-state index contributed by atoms with van der Waals surface area (Å²) in [5.41, 5.74) is 2.62. The molecule has 1 rings (SSSR count). The van der Waals surface area contributed by atoms with Gasteiger partial charge < -0.3 is 5.32 Å². The number of hydrogen-bond acceptors (Lipinski definition) is 1. The van der Waals surface area contributed by atoms with E-state index in [1.54, 1.807) is 0 Å². The zero-order chi connectivity index (χ0) is 10.6. The standard InChI is InChI=1S/C12H16BrN/c1-9-5-4-6-12(7-9)11(3)14-8-10(2)13/h4-7,11,14H,2,8H2,1,3H3/t11-/m0/s1. The normalized spacial score (nSPS) is 12.5. The molecule has 0 bridgehead atoms. The minimum Gasteiger partial charge on any atom is -0.306 e. The van der Waals surface area contributed by atoms with Crippen LogP contribution < -0.4 is 5.32 Å². The fourth-order valence-electron chi connectivity index (χ4n) is 1.32. The smallest absolute Gasteiger partial charge is 0.0295 e. The van der Waals surface area contributed by atoms with E-state index in [9.17, 15) is 0 Å². The predicted molar refractivity (Wildman–Crippen MR) is 65.7 cm³/mol. The first kappa shape index (κ1) is 11.5. The van der Waals surface area contributed by atoms with Crippen LogP contribution in [0.5, 0.6) is 0 Å². The number of aryl methyl sites for hydroxylation is 1. The van der Waals surface area contributed by atoms with Gasteiger partial charge in [0.1, 0.15) is 0 Å². The quantitative estimate of drug-likeness (QED) is 0.866. The fraction of sp³-hybridized carbons (Fsp3) is 0.333. The number of benzene rings is 1. The average molecular weight is 254 g/mol. The summed E-state index contributed by atoms with van der Waals surface area (Å²) in [5.74, 6) is 0. The van der Waals surface area contributed by atoms with Crippen molar-refractivity contribution >= 4 is 15.9 Å². The molecule has 76 valence electrons. The lowest BCUT2D eigenvalue weighted by Crippen LogP contribution is -2.19. The van der Waals surface area contributed by atoms with Gasteiger partial charge >= 0.3 is 0 Å². The third-order valence-corrected chi connectivity index (χ3v) is 2.42. The van der Waals surface area contributed by atoms with E-state index in [0.717, 1.165) is 11.0 Å². The molecule has 0 aromatic heterocycles. The van der Waals surface area contributed by atoms with E-state index < -0.39 is 0 Å². The summed E-state index contributed by atoms with van der Waals surface area (Å²) in [7, 11) is 0. The average Bonchev–Trinajstić information content (AvgIpc) is 2.14. The van der Waals surface area contributed by atoms with E-state index in [1.807, 2.05) is 0 Å². The Bertz CT molecular complexity index is 320. The summed E-state index contributed by atoms with van der Waals surface area (Å²) < 4.78 is 0.983. The van der Waals surface area contributed by atoms with E-state index in [0.29, 0.717) is 6.04 Å². The lowest BCUT2D eigenvalue weighted by atomic mass is 10.1. The Balaban J connectivity index is 2.60. The van der Waals surface area contributed by atoms with Crippen LogP contribution in [0.2, 0.25) is 0 Å². The number of hydrogen-bond donors (Lipinski definition) is 1. The van der Waals surface area contributed by atoms with Crippen molar-refractivity contribution in [1.29, 1.82) is 0 Å². The first-order valence-electron chi connectivity index (χ1n) is 4.73. The third kappa shape index (κ3) is 3.64. The Morgan fingerprint density at radius 3 is 2.86 bits per heavy atom. The molecule has 0 amide bonds. The van der Waals surface area contributed by atoms with Crippen molar-refractivity contribution in [2.75, 3.05) is 6.54 Å². The molecule has 1 aromatic rings. The summed E-state index contributed by atoms with van der Waals surface area (Å²) in [4.78, 5) is 0. The molecule has 0 saturated carbocycles. The van der Waals surface area contributed by atoms with Gasteiger partial charge in [-0.3, -0.25) is 0 Å². The van der Waals surface area contributed by atoms with Crippen molar-refractivity contribution < 1.29 is 0 Å². The minimum absolute atomic E-state index is 0.365. The molecule has 0 saturated heterocycles. The Kier molecular flexibility index (Phi) is 4.36. The Morgan fingerprint density at radius 1 is 1.57 bits per heavy atom. The van der Waals surface area contributed by atoms with Crippen LogP contribution in [-0.4, -0.2) is 6.54 Å². The zero-order valence-corrected chi connectivity index (χ0v) is 10.3. The third-order valence-electron chi connectivity index (χ3n) is 2.14. The van der Waals surface area contributed by atoms with Gasteiger partial charge in [0.15, 0.2) is 0 Å². The Morgan fingerprint density at radius 2 is 2.29 bits per heavy atom. The predicted octanol–water partition coefficient (Wildman–Crippen LogP) is 3.55. The highest BCUT2D eigenvalue weighted by molar-refractivity contribution is 9.11.